The second kappa shape index (κ2) is 5.38. The van der Waals surface area contributed by atoms with Gasteiger partial charge in [-0.2, -0.15) is 0 Å². The number of alkyl halides is 1. The molecule has 2 aliphatic heterocycles. The smallest absolute Gasteiger partial charge is 0.180 e. The van der Waals surface area contributed by atoms with E-state index in [1.807, 2.05) is 0 Å². The Morgan fingerprint density at radius 2 is 2.04 bits per heavy atom. The van der Waals surface area contributed by atoms with Crippen LogP contribution >= 0.6 is 0 Å². The van der Waals surface area contributed by atoms with E-state index < -0.39 is 18.0 Å². The second-order valence-corrected chi connectivity index (χ2v) is 6.42. The summed E-state index contributed by atoms with van der Waals surface area (Å²) in [6.45, 7) is 3.19. The molecule has 3 unspecified atom stereocenters. The van der Waals surface area contributed by atoms with Gasteiger partial charge in [-0.15, -0.1) is 0 Å². The predicted molar refractivity (Wildman–Crippen MR) is 81.9 cm³/mol. The lowest BCUT2D eigenvalue weighted by Crippen LogP contribution is -2.37. The summed E-state index contributed by atoms with van der Waals surface area (Å²) >= 11 is 0. The minimum absolute atomic E-state index is 0.0403. The summed E-state index contributed by atoms with van der Waals surface area (Å²) in [7, 11) is 0. The molecule has 2 fully saturated rings. The van der Waals surface area contributed by atoms with E-state index in [9.17, 15) is 9.50 Å². The lowest BCUT2D eigenvalue weighted by atomic mass is 10.0. The third-order valence-electron chi connectivity index (χ3n) is 4.79. The van der Waals surface area contributed by atoms with Crippen molar-refractivity contribution in [2.75, 3.05) is 24.6 Å². The van der Waals surface area contributed by atoms with Crippen LogP contribution in [-0.4, -0.2) is 56.1 Å². The number of fused-ring (bicyclic) bond motifs is 1. The highest BCUT2D eigenvalue weighted by atomic mass is 19.1. The fourth-order valence-electron chi connectivity index (χ4n) is 3.37. The van der Waals surface area contributed by atoms with Crippen LogP contribution in [0.3, 0.4) is 0 Å². The van der Waals surface area contributed by atoms with Crippen molar-refractivity contribution in [3.8, 4) is 0 Å². The third kappa shape index (κ3) is 2.28. The largest absolute Gasteiger partial charge is 0.387 e. The third-order valence-corrected chi connectivity index (χ3v) is 4.79. The number of anilines is 1. The van der Waals surface area contributed by atoms with Crippen molar-refractivity contribution in [3.63, 3.8) is 0 Å². The van der Waals surface area contributed by atoms with E-state index in [2.05, 4.69) is 19.9 Å². The molecule has 4 rings (SSSR count). The number of piperidine rings is 1. The quantitative estimate of drug-likeness (QED) is 0.902. The summed E-state index contributed by atoms with van der Waals surface area (Å²) in [4.78, 5) is 15.2. The molecule has 0 saturated carbocycles. The van der Waals surface area contributed by atoms with E-state index in [1.54, 1.807) is 4.57 Å². The number of aromatic nitrogens is 4. The highest BCUT2D eigenvalue weighted by molar-refractivity contribution is 5.83. The average Bonchev–Trinajstić information content (AvgIpc) is 3.09. The first-order chi connectivity index (χ1) is 11.1. The molecule has 1 N–H and O–H groups in total. The number of aliphatic hydroxyl groups is 1. The van der Waals surface area contributed by atoms with Gasteiger partial charge in [0.05, 0.1) is 12.9 Å². The minimum Gasteiger partial charge on any atom is -0.387 e. The molecule has 2 aromatic rings. The molecule has 0 bridgehead atoms. The topological polar surface area (TPSA) is 76.3 Å². The first kappa shape index (κ1) is 14.8. The van der Waals surface area contributed by atoms with E-state index in [-0.39, 0.29) is 6.61 Å². The van der Waals surface area contributed by atoms with Gasteiger partial charge in [-0.05, 0) is 26.2 Å². The van der Waals surface area contributed by atoms with Crippen molar-refractivity contribution in [1.82, 2.24) is 19.5 Å². The van der Waals surface area contributed by atoms with Crippen molar-refractivity contribution in [1.29, 1.82) is 0 Å². The maximum atomic E-state index is 14.7. The van der Waals surface area contributed by atoms with Gasteiger partial charge >= 0.3 is 0 Å². The normalized spacial score (nSPS) is 31.9. The molecule has 23 heavy (non-hydrogen) atoms. The number of imidazole rings is 1. The fraction of sp³-hybridized carbons (Fsp3) is 0.667. The number of rotatable bonds is 2. The Hall–Kier alpha value is -1.80. The molecule has 7 nitrogen and oxygen atoms in total. The monoisotopic (exact) mass is 321 g/mol. The number of aliphatic hydroxyl groups excluding tert-OH is 1. The van der Waals surface area contributed by atoms with Crippen LogP contribution in [0.4, 0.5) is 10.2 Å². The Balaban J connectivity index is 1.76. The number of nitrogens with zero attached hydrogens (tertiary/aromatic N) is 5. The van der Waals surface area contributed by atoms with Crippen LogP contribution in [0.5, 0.6) is 0 Å². The standard InChI is InChI=1S/C15H20FN5O2/c1-15(16)10(22)7-23-14(15)21-9-19-11-12(17-8-18-13(11)21)20-5-3-2-4-6-20/h8-10,14,22H,2-7H2,1H3. The fourth-order valence-corrected chi connectivity index (χ4v) is 3.37. The molecule has 8 heteroatoms. The molecular formula is C15H20FN5O2. The van der Waals surface area contributed by atoms with E-state index >= 15 is 0 Å². The van der Waals surface area contributed by atoms with E-state index in [0.29, 0.717) is 11.2 Å². The number of halogens is 1. The molecule has 3 atom stereocenters. The van der Waals surface area contributed by atoms with Crippen molar-refractivity contribution < 1.29 is 14.2 Å². The highest BCUT2D eigenvalue weighted by Crippen LogP contribution is 2.39. The van der Waals surface area contributed by atoms with Gasteiger partial charge in [0, 0.05) is 13.1 Å². The van der Waals surface area contributed by atoms with Gasteiger partial charge in [0.2, 0.25) is 0 Å². The Kier molecular flexibility index (Phi) is 3.46. The highest BCUT2D eigenvalue weighted by Gasteiger charge is 2.50. The summed E-state index contributed by atoms with van der Waals surface area (Å²) in [5.74, 6) is 0.785. The van der Waals surface area contributed by atoms with Crippen LogP contribution < -0.4 is 4.90 Å². The van der Waals surface area contributed by atoms with Gasteiger partial charge in [-0.1, -0.05) is 0 Å². The van der Waals surface area contributed by atoms with E-state index in [0.717, 1.165) is 31.7 Å². The van der Waals surface area contributed by atoms with Crippen LogP contribution in [-0.2, 0) is 4.74 Å². The van der Waals surface area contributed by atoms with Gasteiger partial charge in [0.15, 0.2) is 28.9 Å². The molecule has 2 aromatic heterocycles. The Morgan fingerprint density at radius 1 is 1.26 bits per heavy atom. The Bertz CT molecular complexity index is 713. The molecule has 0 radical (unpaired) electrons. The zero-order valence-corrected chi connectivity index (χ0v) is 13.0. The van der Waals surface area contributed by atoms with Crippen molar-refractivity contribution in [3.05, 3.63) is 12.7 Å². The number of hydrogen-bond acceptors (Lipinski definition) is 6. The van der Waals surface area contributed by atoms with Gasteiger partial charge in [-0.3, -0.25) is 4.57 Å². The molecule has 2 aliphatic rings. The molecule has 0 aromatic carbocycles. The zero-order chi connectivity index (χ0) is 16.0. The average molecular weight is 321 g/mol. The van der Waals surface area contributed by atoms with Gasteiger partial charge in [0.1, 0.15) is 12.4 Å². The second-order valence-electron chi connectivity index (χ2n) is 6.42. The number of ether oxygens (including phenoxy) is 1. The first-order valence-electron chi connectivity index (χ1n) is 8.00. The number of hydrogen-bond donors (Lipinski definition) is 1. The molecule has 4 heterocycles. The van der Waals surface area contributed by atoms with E-state index in [1.165, 1.54) is 26.0 Å². The van der Waals surface area contributed by atoms with Crippen LogP contribution in [0.2, 0.25) is 0 Å². The molecule has 2 saturated heterocycles. The summed E-state index contributed by atoms with van der Waals surface area (Å²) in [5.41, 5.74) is -0.706. The molecule has 0 amide bonds. The van der Waals surface area contributed by atoms with Gasteiger partial charge < -0.3 is 14.7 Å². The van der Waals surface area contributed by atoms with Crippen LogP contribution in [0.1, 0.15) is 32.4 Å². The maximum absolute atomic E-state index is 14.7. The van der Waals surface area contributed by atoms with Crippen molar-refractivity contribution >= 4 is 17.0 Å². The molecule has 0 aliphatic carbocycles. The molecule has 124 valence electrons. The summed E-state index contributed by atoms with van der Waals surface area (Å²) in [6, 6.07) is 0. The van der Waals surface area contributed by atoms with Crippen LogP contribution in [0.15, 0.2) is 12.7 Å². The molecule has 0 spiro atoms. The van der Waals surface area contributed by atoms with Crippen molar-refractivity contribution in [2.45, 2.75) is 44.2 Å². The Morgan fingerprint density at radius 3 is 2.74 bits per heavy atom. The van der Waals surface area contributed by atoms with Crippen molar-refractivity contribution in [2.24, 2.45) is 0 Å². The zero-order valence-electron chi connectivity index (χ0n) is 13.0. The summed E-state index contributed by atoms with van der Waals surface area (Å²) in [5, 5.41) is 9.78. The van der Waals surface area contributed by atoms with E-state index in [4.69, 9.17) is 4.74 Å². The summed E-state index contributed by atoms with van der Waals surface area (Å²) < 4.78 is 21.7. The predicted octanol–water partition coefficient (Wildman–Crippen LogP) is 1.43. The lowest BCUT2D eigenvalue weighted by molar-refractivity contribution is -0.0339. The van der Waals surface area contributed by atoms with Crippen LogP contribution in [0, 0.1) is 0 Å². The SMILES string of the molecule is CC1(F)C(O)COC1n1cnc2c(N3CCCCC3)ncnc21. The lowest BCUT2D eigenvalue weighted by Gasteiger charge is -2.28. The maximum Gasteiger partial charge on any atom is 0.180 e. The van der Waals surface area contributed by atoms with Gasteiger partial charge in [0.25, 0.3) is 0 Å². The molecular weight excluding hydrogens is 301 g/mol. The minimum atomic E-state index is -1.89. The van der Waals surface area contributed by atoms with Crippen LogP contribution in [0.25, 0.3) is 11.2 Å². The Labute approximate surface area is 133 Å². The van der Waals surface area contributed by atoms with Gasteiger partial charge in [-0.25, -0.2) is 19.3 Å². The first-order valence-corrected chi connectivity index (χ1v) is 8.00. The summed E-state index contributed by atoms with van der Waals surface area (Å²) in [6.07, 6.45) is 4.39.